The highest BCUT2D eigenvalue weighted by atomic mass is 35.5. The predicted molar refractivity (Wildman–Crippen MR) is 105 cm³/mol. The lowest BCUT2D eigenvalue weighted by Gasteiger charge is -2.11. The van der Waals surface area contributed by atoms with Crippen LogP contribution in [0.15, 0.2) is 47.4 Å². The van der Waals surface area contributed by atoms with Crippen LogP contribution in [0.1, 0.15) is 17.3 Å². The van der Waals surface area contributed by atoms with Gasteiger partial charge in [-0.05, 0) is 49.4 Å². The summed E-state index contributed by atoms with van der Waals surface area (Å²) in [6.07, 6.45) is 0. The average Bonchev–Trinajstić information content (AvgIpc) is 2.62. The summed E-state index contributed by atoms with van der Waals surface area (Å²) in [5.74, 6) is -0.946. The van der Waals surface area contributed by atoms with Gasteiger partial charge < -0.3 is 10.6 Å². The minimum Gasteiger partial charge on any atom is -0.355 e. The van der Waals surface area contributed by atoms with Gasteiger partial charge in [0.25, 0.3) is 15.9 Å². The summed E-state index contributed by atoms with van der Waals surface area (Å²) in [7, 11) is -4.04. The van der Waals surface area contributed by atoms with E-state index in [-0.39, 0.29) is 27.9 Å². The quantitative estimate of drug-likeness (QED) is 0.628. The van der Waals surface area contributed by atoms with Crippen molar-refractivity contribution in [3.05, 3.63) is 58.1 Å². The number of carbonyl (C=O) groups excluding carboxylic acids is 2. The number of nitrogens with one attached hydrogen (secondary N) is 3. The minimum absolute atomic E-state index is 0.0447. The van der Waals surface area contributed by atoms with Gasteiger partial charge in [0.15, 0.2) is 0 Å². The molecule has 0 unspecified atom stereocenters. The van der Waals surface area contributed by atoms with Gasteiger partial charge in [-0.15, -0.1) is 0 Å². The Morgan fingerprint density at radius 3 is 2.30 bits per heavy atom. The molecule has 2 aromatic carbocycles. The van der Waals surface area contributed by atoms with Crippen molar-refractivity contribution < 1.29 is 18.0 Å². The number of halogens is 2. The maximum Gasteiger partial charge on any atom is 0.263 e. The maximum absolute atomic E-state index is 12.6. The molecule has 144 valence electrons. The molecular weight excluding hydrogens is 413 g/mol. The van der Waals surface area contributed by atoms with Gasteiger partial charge in [-0.1, -0.05) is 23.2 Å². The third-order valence-corrected chi connectivity index (χ3v) is 5.48. The van der Waals surface area contributed by atoms with Crippen LogP contribution < -0.4 is 15.4 Å². The van der Waals surface area contributed by atoms with E-state index in [9.17, 15) is 18.0 Å². The third kappa shape index (κ3) is 5.85. The van der Waals surface area contributed by atoms with Gasteiger partial charge in [0.05, 0.1) is 11.6 Å². The zero-order chi connectivity index (χ0) is 20.0. The van der Waals surface area contributed by atoms with Crippen molar-refractivity contribution in [2.75, 3.05) is 17.8 Å². The fourth-order valence-corrected chi connectivity index (χ4v) is 3.81. The summed E-state index contributed by atoms with van der Waals surface area (Å²) in [5.41, 5.74) is 0.349. The number of anilines is 1. The zero-order valence-corrected chi connectivity index (χ0v) is 16.6. The topological polar surface area (TPSA) is 104 Å². The van der Waals surface area contributed by atoms with E-state index in [2.05, 4.69) is 15.4 Å². The van der Waals surface area contributed by atoms with Crippen molar-refractivity contribution in [3.8, 4) is 0 Å². The van der Waals surface area contributed by atoms with Crippen LogP contribution in [0.5, 0.6) is 0 Å². The first-order valence-electron chi connectivity index (χ1n) is 7.85. The van der Waals surface area contributed by atoms with E-state index in [1.807, 2.05) is 0 Å². The van der Waals surface area contributed by atoms with E-state index < -0.39 is 15.9 Å². The molecule has 2 aromatic rings. The van der Waals surface area contributed by atoms with Crippen molar-refractivity contribution in [3.63, 3.8) is 0 Å². The van der Waals surface area contributed by atoms with Gasteiger partial charge >= 0.3 is 0 Å². The summed E-state index contributed by atoms with van der Waals surface area (Å²) in [5, 5.41) is 5.37. The van der Waals surface area contributed by atoms with E-state index in [0.29, 0.717) is 17.3 Å². The molecule has 3 N–H and O–H groups in total. The van der Waals surface area contributed by atoms with E-state index in [1.165, 1.54) is 36.4 Å². The highest BCUT2D eigenvalue weighted by Crippen LogP contribution is 2.25. The number of benzene rings is 2. The average molecular weight is 430 g/mol. The maximum atomic E-state index is 12.6. The summed E-state index contributed by atoms with van der Waals surface area (Å²) in [6, 6.07) is 9.88. The number of carbonyl (C=O) groups is 2. The van der Waals surface area contributed by atoms with Gasteiger partial charge in [-0.25, -0.2) is 8.42 Å². The smallest absolute Gasteiger partial charge is 0.263 e. The van der Waals surface area contributed by atoms with Gasteiger partial charge in [0.2, 0.25) is 5.91 Å². The van der Waals surface area contributed by atoms with Crippen LogP contribution in [0.4, 0.5) is 5.69 Å². The van der Waals surface area contributed by atoms with Gasteiger partial charge in [-0.3, -0.25) is 14.3 Å². The van der Waals surface area contributed by atoms with Crippen LogP contribution in [-0.4, -0.2) is 33.3 Å². The Balaban J connectivity index is 2.21. The molecule has 0 heterocycles. The Bertz CT molecular complexity index is 947. The Morgan fingerprint density at radius 1 is 1.00 bits per heavy atom. The van der Waals surface area contributed by atoms with Crippen molar-refractivity contribution in [2.24, 2.45) is 0 Å². The second-order valence-corrected chi connectivity index (χ2v) is 7.89. The Hall–Kier alpha value is -2.29. The SMILES string of the molecule is CCNC(=O)CNC(=O)c1ccc(Cl)c(S(=O)(=O)Nc2ccc(Cl)cc2)c1. The first-order chi connectivity index (χ1) is 12.7. The molecule has 0 saturated carbocycles. The molecule has 0 spiro atoms. The van der Waals surface area contributed by atoms with Crippen molar-refractivity contribution in [2.45, 2.75) is 11.8 Å². The molecule has 7 nitrogen and oxygen atoms in total. The van der Waals surface area contributed by atoms with E-state index in [4.69, 9.17) is 23.2 Å². The lowest BCUT2D eigenvalue weighted by molar-refractivity contribution is -0.120. The largest absolute Gasteiger partial charge is 0.355 e. The van der Waals surface area contributed by atoms with Crippen molar-refractivity contribution >= 4 is 50.7 Å². The van der Waals surface area contributed by atoms with Crippen LogP contribution in [-0.2, 0) is 14.8 Å². The normalized spacial score (nSPS) is 10.9. The van der Waals surface area contributed by atoms with E-state index in [0.717, 1.165) is 6.07 Å². The van der Waals surface area contributed by atoms with Crippen molar-refractivity contribution in [1.29, 1.82) is 0 Å². The van der Waals surface area contributed by atoms with E-state index >= 15 is 0 Å². The molecule has 0 fully saturated rings. The molecule has 27 heavy (non-hydrogen) atoms. The molecule has 0 saturated heterocycles. The molecule has 0 aliphatic heterocycles. The van der Waals surface area contributed by atoms with Crippen LogP contribution in [0.3, 0.4) is 0 Å². The monoisotopic (exact) mass is 429 g/mol. The molecule has 10 heteroatoms. The Kier molecular flexibility index (Phi) is 7.06. The van der Waals surface area contributed by atoms with Crippen LogP contribution in [0.2, 0.25) is 10.0 Å². The fourth-order valence-electron chi connectivity index (χ4n) is 2.10. The highest BCUT2D eigenvalue weighted by Gasteiger charge is 2.20. The first-order valence-corrected chi connectivity index (χ1v) is 10.1. The number of sulfonamides is 1. The molecule has 0 aromatic heterocycles. The standard InChI is InChI=1S/C17H17Cl2N3O4S/c1-2-20-16(23)10-21-17(24)11-3-8-14(19)15(9-11)27(25,26)22-13-6-4-12(18)5-7-13/h3-9,22H,2,10H2,1H3,(H,20,23)(H,21,24). The second-order valence-electron chi connectivity index (χ2n) is 5.39. The Labute approximate surface area is 167 Å². The molecule has 0 aliphatic rings. The van der Waals surface area contributed by atoms with Gasteiger partial charge in [0, 0.05) is 22.8 Å². The fraction of sp³-hybridized carbons (Fsp3) is 0.176. The minimum atomic E-state index is -4.04. The van der Waals surface area contributed by atoms with Gasteiger partial charge in [0.1, 0.15) is 4.90 Å². The first kappa shape index (κ1) is 21.0. The summed E-state index contributed by atoms with van der Waals surface area (Å²) in [4.78, 5) is 23.3. The lowest BCUT2D eigenvalue weighted by Crippen LogP contribution is -2.36. The van der Waals surface area contributed by atoms with Gasteiger partial charge in [-0.2, -0.15) is 0 Å². The molecule has 0 aliphatic carbocycles. The zero-order valence-electron chi connectivity index (χ0n) is 14.3. The molecular formula is C17H17Cl2N3O4S. The predicted octanol–water partition coefficient (Wildman–Crippen LogP) is 2.66. The molecule has 2 amide bonds. The van der Waals surface area contributed by atoms with E-state index in [1.54, 1.807) is 6.92 Å². The third-order valence-electron chi connectivity index (χ3n) is 3.36. The molecule has 0 radical (unpaired) electrons. The highest BCUT2D eigenvalue weighted by molar-refractivity contribution is 7.92. The number of amides is 2. The number of rotatable bonds is 7. The summed E-state index contributed by atoms with van der Waals surface area (Å²) < 4.78 is 27.6. The number of hydrogen-bond donors (Lipinski definition) is 3. The van der Waals surface area contributed by atoms with Crippen LogP contribution in [0, 0.1) is 0 Å². The number of hydrogen-bond acceptors (Lipinski definition) is 4. The number of likely N-dealkylation sites (N-methyl/N-ethyl adjacent to an activating group) is 1. The molecule has 0 atom stereocenters. The molecule has 2 rings (SSSR count). The second kappa shape index (κ2) is 9.07. The Morgan fingerprint density at radius 2 is 1.67 bits per heavy atom. The molecule has 0 bridgehead atoms. The summed E-state index contributed by atoms with van der Waals surface area (Å²) >= 11 is 11.8. The van der Waals surface area contributed by atoms with Crippen molar-refractivity contribution in [1.82, 2.24) is 10.6 Å². The van der Waals surface area contributed by atoms with Crippen LogP contribution in [0.25, 0.3) is 0 Å². The summed E-state index contributed by atoms with van der Waals surface area (Å²) in [6.45, 7) is 1.97. The van der Waals surface area contributed by atoms with Crippen LogP contribution >= 0.6 is 23.2 Å². The lowest BCUT2D eigenvalue weighted by atomic mass is 10.2.